The van der Waals surface area contributed by atoms with E-state index >= 15 is 0 Å². The molecule has 0 bridgehead atoms. The third kappa shape index (κ3) is 4.71. The number of phenolic OH excluding ortho intramolecular Hbond substituents is 1. The van der Waals surface area contributed by atoms with Crippen LogP contribution in [0.25, 0.3) is 11.1 Å². The van der Waals surface area contributed by atoms with Crippen molar-refractivity contribution in [2.45, 2.75) is 25.3 Å². The number of rotatable bonds is 7. The molecule has 7 heteroatoms. The molecule has 3 aromatic carbocycles. The van der Waals surface area contributed by atoms with Gasteiger partial charge in [0, 0.05) is 18.9 Å². The van der Waals surface area contributed by atoms with Crippen molar-refractivity contribution < 1.29 is 19.4 Å². The number of hydrogen-bond acceptors (Lipinski definition) is 5. The molecule has 1 atom stereocenters. The first-order valence-electron chi connectivity index (χ1n) is 11.1. The molecule has 1 aliphatic rings. The second-order valence-corrected chi connectivity index (χ2v) is 8.08. The van der Waals surface area contributed by atoms with Crippen LogP contribution in [0.5, 0.6) is 5.75 Å². The van der Waals surface area contributed by atoms with Gasteiger partial charge in [0.15, 0.2) is 6.19 Å². The lowest BCUT2D eigenvalue weighted by Crippen LogP contribution is -2.48. The third-order valence-corrected chi connectivity index (χ3v) is 6.01. The topological polar surface area (TPSA) is 103 Å². The van der Waals surface area contributed by atoms with Crippen LogP contribution < -0.4 is 5.32 Å². The largest absolute Gasteiger partial charge is 0.508 e. The fourth-order valence-corrected chi connectivity index (χ4v) is 4.31. The van der Waals surface area contributed by atoms with Gasteiger partial charge in [-0.25, -0.2) is 9.69 Å². The van der Waals surface area contributed by atoms with E-state index in [1.54, 1.807) is 19.1 Å². The van der Waals surface area contributed by atoms with Gasteiger partial charge >= 0.3 is 6.09 Å². The Morgan fingerprint density at radius 1 is 1.03 bits per heavy atom. The molecule has 0 fully saturated rings. The minimum atomic E-state index is -0.986. The van der Waals surface area contributed by atoms with E-state index in [0.29, 0.717) is 0 Å². The van der Waals surface area contributed by atoms with Crippen molar-refractivity contribution in [3.05, 3.63) is 89.5 Å². The number of hydrogen-bond donors (Lipinski definition) is 2. The van der Waals surface area contributed by atoms with Crippen LogP contribution in [0.2, 0.25) is 0 Å². The number of carbonyl (C=O) groups is 2. The fraction of sp³-hybridized carbons (Fsp3) is 0.222. The number of likely N-dealkylation sites (N-methyl/N-ethyl adjacent to an activating group) is 1. The van der Waals surface area contributed by atoms with Crippen LogP contribution in [0.4, 0.5) is 4.79 Å². The molecule has 0 heterocycles. The van der Waals surface area contributed by atoms with Gasteiger partial charge in [-0.1, -0.05) is 60.7 Å². The number of ether oxygens (including phenoxy) is 1. The highest BCUT2D eigenvalue weighted by atomic mass is 16.5. The van der Waals surface area contributed by atoms with Gasteiger partial charge in [-0.05, 0) is 46.9 Å². The summed E-state index contributed by atoms with van der Waals surface area (Å²) >= 11 is 0. The summed E-state index contributed by atoms with van der Waals surface area (Å²) in [5.41, 5.74) is 5.16. The molecule has 0 saturated carbocycles. The number of nitriles is 1. The Hall–Kier alpha value is -4.31. The predicted molar refractivity (Wildman–Crippen MR) is 127 cm³/mol. The lowest BCUT2D eigenvalue weighted by Gasteiger charge is -2.22. The molecule has 0 radical (unpaired) electrons. The van der Waals surface area contributed by atoms with Crippen LogP contribution in [-0.4, -0.2) is 41.2 Å². The van der Waals surface area contributed by atoms with Crippen molar-refractivity contribution in [3.8, 4) is 23.1 Å². The number of benzene rings is 3. The Morgan fingerprint density at radius 3 is 2.18 bits per heavy atom. The van der Waals surface area contributed by atoms with Gasteiger partial charge in [0.05, 0.1) is 0 Å². The number of nitrogens with zero attached hydrogens (tertiary/aromatic N) is 2. The zero-order valence-corrected chi connectivity index (χ0v) is 18.8. The molecule has 0 saturated heterocycles. The molecular formula is C27H25N3O4. The number of phenols is 1. The number of nitrogens with one attached hydrogen (secondary N) is 1. The van der Waals surface area contributed by atoms with E-state index in [1.807, 2.05) is 42.6 Å². The Morgan fingerprint density at radius 2 is 1.62 bits per heavy atom. The summed E-state index contributed by atoms with van der Waals surface area (Å²) in [5, 5.41) is 21.4. The van der Waals surface area contributed by atoms with E-state index in [2.05, 4.69) is 17.4 Å². The molecule has 172 valence electrons. The number of fused-ring (bicyclic) bond motifs is 3. The van der Waals surface area contributed by atoms with Crippen molar-refractivity contribution in [1.29, 1.82) is 5.26 Å². The maximum absolute atomic E-state index is 12.9. The first kappa shape index (κ1) is 22.9. The Bertz CT molecular complexity index is 1190. The normalized spacial score (nSPS) is 12.7. The maximum Gasteiger partial charge on any atom is 0.407 e. The standard InChI is InChI=1S/C27H25N3O4/c1-2-30(17-28)26(32)25(15-18-11-13-19(31)14-12-18)29-27(33)34-16-24-22-9-5-3-7-20(22)21-8-4-6-10-23(21)24/h3-14,24-25,31H,2,15-16H2,1H3,(H,29,33). The molecule has 2 N–H and O–H groups in total. The quantitative estimate of drug-likeness (QED) is 0.411. The first-order valence-corrected chi connectivity index (χ1v) is 11.1. The smallest absolute Gasteiger partial charge is 0.407 e. The van der Waals surface area contributed by atoms with Crippen molar-refractivity contribution in [1.82, 2.24) is 10.2 Å². The summed E-state index contributed by atoms with van der Waals surface area (Å²) in [4.78, 5) is 26.6. The summed E-state index contributed by atoms with van der Waals surface area (Å²) < 4.78 is 5.58. The van der Waals surface area contributed by atoms with Gasteiger partial charge in [0.25, 0.3) is 5.91 Å². The molecule has 0 aliphatic heterocycles. The molecule has 0 aromatic heterocycles. The lowest BCUT2D eigenvalue weighted by atomic mass is 9.98. The lowest BCUT2D eigenvalue weighted by molar-refractivity contribution is -0.130. The number of amides is 2. The highest BCUT2D eigenvalue weighted by molar-refractivity contribution is 5.87. The number of alkyl carbamates (subject to hydrolysis) is 1. The van der Waals surface area contributed by atoms with E-state index in [-0.39, 0.29) is 31.2 Å². The van der Waals surface area contributed by atoms with E-state index in [4.69, 9.17) is 4.74 Å². The van der Waals surface area contributed by atoms with Crippen molar-refractivity contribution in [3.63, 3.8) is 0 Å². The van der Waals surface area contributed by atoms with Crippen LogP contribution in [0, 0.1) is 11.5 Å². The molecule has 3 aromatic rings. The van der Waals surface area contributed by atoms with Gasteiger partial charge in [-0.2, -0.15) is 5.26 Å². The fourth-order valence-electron chi connectivity index (χ4n) is 4.31. The molecule has 4 rings (SSSR count). The monoisotopic (exact) mass is 455 g/mol. The van der Waals surface area contributed by atoms with Crippen LogP contribution >= 0.6 is 0 Å². The SMILES string of the molecule is CCN(C#N)C(=O)C(Cc1ccc(O)cc1)NC(=O)OCC1c2ccccc2-c2ccccc21. The summed E-state index contributed by atoms with van der Waals surface area (Å²) in [5.74, 6) is -0.523. The van der Waals surface area contributed by atoms with Gasteiger partial charge in [0.2, 0.25) is 0 Å². The number of carbonyl (C=O) groups excluding carboxylic acids is 2. The molecule has 1 aliphatic carbocycles. The predicted octanol–water partition coefficient (Wildman–Crippen LogP) is 4.17. The van der Waals surface area contributed by atoms with Crippen LogP contribution in [0.3, 0.4) is 0 Å². The second-order valence-electron chi connectivity index (χ2n) is 8.08. The first-order chi connectivity index (χ1) is 16.5. The van der Waals surface area contributed by atoms with Crippen LogP contribution in [-0.2, 0) is 16.0 Å². The Kier molecular flexibility index (Phi) is 6.79. The zero-order chi connectivity index (χ0) is 24.1. The molecule has 7 nitrogen and oxygen atoms in total. The Balaban J connectivity index is 1.48. The summed E-state index contributed by atoms with van der Waals surface area (Å²) in [7, 11) is 0. The highest BCUT2D eigenvalue weighted by Crippen LogP contribution is 2.44. The van der Waals surface area contributed by atoms with Crippen molar-refractivity contribution in [2.75, 3.05) is 13.2 Å². The molecule has 2 amide bonds. The summed E-state index contributed by atoms with van der Waals surface area (Å²) in [6.45, 7) is 2.00. The third-order valence-electron chi connectivity index (χ3n) is 6.01. The van der Waals surface area contributed by atoms with E-state index < -0.39 is 18.0 Å². The highest BCUT2D eigenvalue weighted by Gasteiger charge is 2.30. The van der Waals surface area contributed by atoms with Gasteiger partial charge < -0.3 is 15.2 Å². The minimum absolute atomic E-state index is 0.100. The Labute approximate surface area is 198 Å². The number of aromatic hydroxyl groups is 1. The van der Waals surface area contributed by atoms with Crippen molar-refractivity contribution in [2.24, 2.45) is 0 Å². The summed E-state index contributed by atoms with van der Waals surface area (Å²) in [6.07, 6.45) is 1.28. The van der Waals surface area contributed by atoms with Crippen LogP contribution in [0.15, 0.2) is 72.8 Å². The zero-order valence-electron chi connectivity index (χ0n) is 18.8. The molecule has 0 spiro atoms. The van der Waals surface area contributed by atoms with E-state index in [0.717, 1.165) is 32.7 Å². The average Bonchev–Trinajstić information content (AvgIpc) is 3.18. The molecular weight excluding hydrogens is 430 g/mol. The molecule has 1 unspecified atom stereocenters. The van der Waals surface area contributed by atoms with Gasteiger partial charge in [-0.3, -0.25) is 4.79 Å². The molecule has 34 heavy (non-hydrogen) atoms. The summed E-state index contributed by atoms with van der Waals surface area (Å²) in [6, 6.07) is 21.4. The minimum Gasteiger partial charge on any atom is -0.508 e. The van der Waals surface area contributed by atoms with Gasteiger partial charge in [0.1, 0.15) is 18.4 Å². The van der Waals surface area contributed by atoms with E-state index in [9.17, 15) is 20.0 Å². The van der Waals surface area contributed by atoms with Crippen molar-refractivity contribution >= 4 is 12.0 Å². The van der Waals surface area contributed by atoms with Crippen LogP contribution in [0.1, 0.15) is 29.5 Å². The van der Waals surface area contributed by atoms with Gasteiger partial charge in [-0.15, -0.1) is 0 Å². The average molecular weight is 456 g/mol. The van der Waals surface area contributed by atoms with E-state index in [1.165, 1.54) is 12.1 Å². The second kappa shape index (κ2) is 10.1. The maximum atomic E-state index is 12.9.